The van der Waals surface area contributed by atoms with Crippen LogP contribution in [-0.4, -0.2) is 50.3 Å². The highest BCUT2D eigenvalue weighted by Gasteiger charge is 2.29. The molecule has 33 heavy (non-hydrogen) atoms. The number of anilines is 1. The Balaban J connectivity index is 1.70. The fourth-order valence-corrected chi connectivity index (χ4v) is 5.18. The minimum atomic E-state index is 0.0928. The highest BCUT2D eigenvalue weighted by atomic mass is 35.5. The van der Waals surface area contributed by atoms with Crippen molar-refractivity contribution >= 4 is 28.7 Å². The fourth-order valence-electron chi connectivity index (χ4n) is 5.00. The maximum Gasteiger partial charge on any atom is 0.234 e. The number of aromatic nitrogens is 5. The Labute approximate surface area is 198 Å². The van der Waals surface area contributed by atoms with Gasteiger partial charge in [-0.15, -0.1) is 0 Å². The number of morpholine rings is 1. The molecule has 0 aromatic carbocycles. The van der Waals surface area contributed by atoms with E-state index in [0.29, 0.717) is 35.5 Å². The van der Waals surface area contributed by atoms with Gasteiger partial charge < -0.3 is 14.2 Å². The molecule has 2 aliphatic rings. The van der Waals surface area contributed by atoms with E-state index in [0.717, 1.165) is 36.0 Å². The molecule has 1 aliphatic carbocycles. The third kappa shape index (κ3) is 4.40. The largest absolute Gasteiger partial charge is 0.377 e. The topological polar surface area (TPSA) is 92.8 Å². The number of hydrogen-bond acceptors (Lipinski definition) is 7. The summed E-state index contributed by atoms with van der Waals surface area (Å²) in [5, 5.41) is 10.1. The van der Waals surface area contributed by atoms with Gasteiger partial charge in [-0.3, -0.25) is 4.98 Å². The molecule has 0 amide bonds. The molecule has 1 saturated carbocycles. The van der Waals surface area contributed by atoms with Crippen molar-refractivity contribution in [3.8, 4) is 17.3 Å². The number of nitriles is 1. The first-order valence-electron chi connectivity index (χ1n) is 11.7. The van der Waals surface area contributed by atoms with Crippen LogP contribution in [0.1, 0.15) is 45.4 Å². The Bertz CT molecular complexity index is 1200. The highest BCUT2D eigenvalue weighted by Crippen LogP contribution is 2.36. The average Bonchev–Trinajstić information content (AvgIpc) is 3.18. The molecule has 172 valence electrons. The molecule has 0 unspecified atom stereocenters. The minimum Gasteiger partial charge on any atom is -0.377 e. The predicted octanol–water partition coefficient (Wildman–Crippen LogP) is 4.46. The number of nitrogens with zero attached hydrogens (tertiary/aromatic N) is 7. The maximum atomic E-state index is 9.60. The van der Waals surface area contributed by atoms with E-state index in [1.165, 1.54) is 25.7 Å². The van der Waals surface area contributed by atoms with E-state index in [1.54, 1.807) is 12.4 Å². The first kappa shape index (κ1) is 22.1. The van der Waals surface area contributed by atoms with Gasteiger partial charge in [0.15, 0.2) is 5.65 Å². The van der Waals surface area contributed by atoms with Crippen molar-refractivity contribution in [3.63, 3.8) is 0 Å². The zero-order chi connectivity index (χ0) is 22.9. The van der Waals surface area contributed by atoms with E-state index in [1.807, 2.05) is 6.07 Å². The molecule has 0 spiro atoms. The number of halogens is 1. The summed E-state index contributed by atoms with van der Waals surface area (Å²) in [7, 11) is 0. The number of imidazole rings is 1. The van der Waals surface area contributed by atoms with E-state index in [4.69, 9.17) is 21.3 Å². The Hall–Kier alpha value is -2.76. The van der Waals surface area contributed by atoms with Crippen LogP contribution in [0.3, 0.4) is 0 Å². The molecule has 9 heteroatoms. The van der Waals surface area contributed by atoms with Crippen molar-refractivity contribution in [1.29, 1.82) is 5.26 Å². The Kier molecular flexibility index (Phi) is 6.17. The van der Waals surface area contributed by atoms with E-state index in [-0.39, 0.29) is 11.9 Å². The van der Waals surface area contributed by atoms with Gasteiger partial charge in [-0.25, -0.2) is 4.98 Å². The molecule has 1 atom stereocenters. The van der Waals surface area contributed by atoms with Crippen LogP contribution in [0.4, 0.5) is 5.95 Å². The molecular formula is C24H28ClN7O. The summed E-state index contributed by atoms with van der Waals surface area (Å²) in [6.07, 6.45) is 8.22. The molecule has 3 aromatic rings. The van der Waals surface area contributed by atoms with Crippen LogP contribution in [0.5, 0.6) is 0 Å². The third-order valence-electron chi connectivity index (χ3n) is 6.86. The van der Waals surface area contributed by atoms with E-state index in [9.17, 15) is 5.26 Å². The van der Waals surface area contributed by atoms with Crippen LogP contribution in [0.2, 0.25) is 5.02 Å². The van der Waals surface area contributed by atoms with Gasteiger partial charge in [0, 0.05) is 31.0 Å². The normalized spacial score (nSPS) is 23.6. The van der Waals surface area contributed by atoms with Gasteiger partial charge >= 0.3 is 0 Å². The lowest BCUT2D eigenvalue weighted by atomic mass is 9.83. The monoisotopic (exact) mass is 465 g/mol. The summed E-state index contributed by atoms with van der Waals surface area (Å²) in [4.78, 5) is 20.6. The second-order valence-corrected chi connectivity index (χ2v) is 9.77. The second-order valence-electron chi connectivity index (χ2n) is 9.34. The molecule has 8 nitrogen and oxygen atoms in total. The van der Waals surface area contributed by atoms with Gasteiger partial charge in [0.05, 0.1) is 24.3 Å². The Morgan fingerprint density at radius 2 is 1.97 bits per heavy atom. The lowest BCUT2D eigenvalue weighted by molar-refractivity contribution is 0.0976. The lowest BCUT2D eigenvalue weighted by Crippen LogP contribution is -2.45. The summed E-state index contributed by atoms with van der Waals surface area (Å²) in [5.74, 6) is 2.32. The summed E-state index contributed by atoms with van der Waals surface area (Å²) in [5.41, 5.74) is 2.78. The summed E-state index contributed by atoms with van der Waals surface area (Å²) in [6.45, 7) is 7.42. The molecule has 4 heterocycles. The van der Waals surface area contributed by atoms with Crippen LogP contribution < -0.4 is 4.90 Å². The third-order valence-corrected chi connectivity index (χ3v) is 7.07. The predicted molar refractivity (Wildman–Crippen MR) is 127 cm³/mol. The molecule has 2 fully saturated rings. The van der Waals surface area contributed by atoms with Crippen LogP contribution in [0.15, 0.2) is 18.5 Å². The molecule has 1 aliphatic heterocycles. The standard InChI is InChI=1S/C24H28ClN7O/c1-15-3-5-17(6-4-15)13-32-22-21(18-9-19(25)12-27-11-18)28-20(10-26)29-23(22)30-24(32)31-7-8-33-14-16(31)2/h9,11-12,15-17H,3-8,13-14H2,1-2H3/t15-,16-,17-/m1/s1. The number of pyridine rings is 1. The van der Waals surface area contributed by atoms with Crippen molar-refractivity contribution < 1.29 is 4.74 Å². The van der Waals surface area contributed by atoms with Gasteiger partial charge in [0.2, 0.25) is 11.8 Å². The number of fused-ring (bicyclic) bond motifs is 1. The van der Waals surface area contributed by atoms with Crippen molar-refractivity contribution in [2.45, 2.75) is 52.1 Å². The average molecular weight is 466 g/mol. The van der Waals surface area contributed by atoms with Crippen LogP contribution >= 0.6 is 11.6 Å². The van der Waals surface area contributed by atoms with Gasteiger partial charge in [-0.05, 0) is 37.7 Å². The Morgan fingerprint density at radius 1 is 1.15 bits per heavy atom. The molecule has 0 N–H and O–H groups in total. The first-order valence-corrected chi connectivity index (χ1v) is 12.0. The first-order chi connectivity index (χ1) is 16.0. The molecule has 1 saturated heterocycles. The minimum absolute atomic E-state index is 0.0928. The zero-order valence-corrected chi connectivity index (χ0v) is 19.8. The molecule has 5 rings (SSSR count). The van der Waals surface area contributed by atoms with Crippen LogP contribution in [-0.2, 0) is 11.3 Å². The smallest absolute Gasteiger partial charge is 0.234 e. The van der Waals surface area contributed by atoms with E-state index < -0.39 is 0 Å². The molecule has 0 bridgehead atoms. The van der Waals surface area contributed by atoms with Crippen molar-refractivity contribution in [1.82, 2.24) is 24.5 Å². The van der Waals surface area contributed by atoms with Crippen molar-refractivity contribution in [2.75, 3.05) is 24.7 Å². The van der Waals surface area contributed by atoms with E-state index in [2.05, 4.69) is 44.3 Å². The van der Waals surface area contributed by atoms with E-state index >= 15 is 0 Å². The van der Waals surface area contributed by atoms with Crippen molar-refractivity contribution in [2.24, 2.45) is 11.8 Å². The van der Waals surface area contributed by atoms with Crippen LogP contribution in [0.25, 0.3) is 22.4 Å². The molecule has 3 aromatic heterocycles. The summed E-state index contributed by atoms with van der Waals surface area (Å²) < 4.78 is 7.95. The highest BCUT2D eigenvalue weighted by molar-refractivity contribution is 6.30. The SMILES string of the molecule is C[C@@H]1COCCN1c1nc2nc(C#N)nc(-c3cncc(Cl)c3)c2n1C[C@H]1CC[C@H](C)CC1. The van der Waals surface area contributed by atoms with Gasteiger partial charge in [-0.2, -0.15) is 15.2 Å². The molecule has 0 radical (unpaired) electrons. The summed E-state index contributed by atoms with van der Waals surface area (Å²) >= 11 is 6.26. The van der Waals surface area contributed by atoms with Gasteiger partial charge in [-0.1, -0.05) is 31.4 Å². The summed E-state index contributed by atoms with van der Waals surface area (Å²) in [6, 6.07) is 4.11. The van der Waals surface area contributed by atoms with Gasteiger partial charge in [0.1, 0.15) is 17.3 Å². The lowest BCUT2D eigenvalue weighted by Gasteiger charge is -2.35. The quantitative estimate of drug-likeness (QED) is 0.561. The second kappa shape index (κ2) is 9.24. The van der Waals surface area contributed by atoms with Crippen LogP contribution in [0, 0.1) is 23.2 Å². The zero-order valence-electron chi connectivity index (χ0n) is 19.0. The van der Waals surface area contributed by atoms with Gasteiger partial charge in [0.25, 0.3) is 0 Å². The Morgan fingerprint density at radius 3 is 2.70 bits per heavy atom. The van der Waals surface area contributed by atoms with Crippen molar-refractivity contribution in [3.05, 3.63) is 29.3 Å². The molecular weight excluding hydrogens is 438 g/mol. The number of ether oxygens (including phenoxy) is 1. The number of rotatable bonds is 4. The number of hydrogen-bond donors (Lipinski definition) is 0. The fraction of sp³-hybridized carbons (Fsp3) is 0.542. The maximum absolute atomic E-state index is 9.60.